The quantitative estimate of drug-likeness (QED) is 0.618. The lowest BCUT2D eigenvalue weighted by Crippen LogP contribution is -2.48. The summed E-state index contributed by atoms with van der Waals surface area (Å²) in [4.78, 5) is 7.24. The van der Waals surface area contributed by atoms with Crippen molar-refractivity contribution in [2.24, 2.45) is 4.99 Å². The van der Waals surface area contributed by atoms with Crippen LogP contribution in [-0.2, 0) is 6.54 Å². The number of nitrogens with zero attached hydrogens (tertiary/aromatic N) is 2. The van der Waals surface area contributed by atoms with Gasteiger partial charge in [-0.05, 0) is 44.4 Å². The maximum absolute atomic E-state index is 6.21. The lowest BCUT2D eigenvalue weighted by Gasteiger charge is -2.32. The van der Waals surface area contributed by atoms with E-state index in [2.05, 4.69) is 29.4 Å². The van der Waals surface area contributed by atoms with Crippen molar-refractivity contribution in [2.45, 2.75) is 45.7 Å². The van der Waals surface area contributed by atoms with Crippen LogP contribution >= 0.6 is 11.6 Å². The SMILES string of the molecule is CCCN1CCC(NC(=NCc2ccccc2Cl)NCC)CC1. The second kappa shape index (κ2) is 9.78. The molecule has 0 unspecified atom stereocenters. The summed E-state index contributed by atoms with van der Waals surface area (Å²) in [7, 11) is 0. The molecule has 0 atom stereocenters. The fraction of sp³-hybridized carbons (Fsp3) is 0.611. The number of piperidine rings is 1. The van der Waals surface area contributed by atoms with E-state index >= 15 is 0 Å². The maximum Gasteiger partial charge on any atom is 0.191 e. The van der Waals surface area contributed by atoms with Gasteiger partial charge in [-0.15, -0.1) is 0 Å². The van der Waals surface area contributed by atoms with Crippen LogP contribution in [0, 0.1) is 0 Å². The van der Waals surface area contributed by atoms with Crippen molar-refractivity contribution >= 4 is 17.6 Å². The van der Waals surface area contributed by atoms with E-state index in [4.69, 9.17) is 16.6 Å². The zero-order valence-corrected chi connectivity index (χ0v) is 15.1. The molecule has 4 nitrogen and oxygen atoms in total. The molecule has 1 heterocycles. The molecule has 1 aliphatic rings. The van der Waals surface area contributed by atoms with Crippen molar-refractivity contribution < 1.29 is 0 Å². The number of nitrogens with one attached hydrogen (secondary N) is 2. The van der Waals surface area contributed by atoms with E-state index in [9.17, 15) is 0 Å². The Balaban J connectivity index is 1.88. The number of aliphatic imine (C=N–C) groups is 1. The topological polar surface area (TPSA) is 39.7 Å². The van der Waals surface area contributed by atoms with Crippen molar-refractivity contribution in [2.75, 3.05) is 26.2 Å². The molecule has 0 bridgehead atoms. The first-order valence-corrected chi connectivity index (χ1v) is 9.11. The fourth-order valence-corrected chi connectivity index (χ4v) is 3.12. The van der Waals surface area contributed by atoms with Crippen LogP contribution in [0.25, 0.3) is 0 Å². The van der Waals surface area contributed by atoms with Gasteiger partial charge >= 0.3 is 0 Å². The minimum atomic E-state index is 0.507. The highest BCUT2D eigenvalue weighted by Gasteiger charge is 2.19. The lowest BCUT2D eigenvalue weighted by atomic mass is 10.1. The van der Waals surface area contributed by atoms with Gasteiger partial charge in [0.2, 0.25) is 0 Å². The average molecular weight is 337 g/mol. The number of benzene rings is 1. The average Bonchev–Trinajstić information content (AvgIpc) is 2.56. The molecule has 0 saturated carbocycles. The van der Waals surface area contributed by atoms with Crippen LogP contribution < -0.4 is 10.6 Å². The summed E-state index contributed by atoms with van der Waals surface area (Å²) >= 11 is 6.21. The summed E-state index contributed by atoms with van der Waals surface area (Å²) in [6.07, 6.45) is 3.59. The van der Waals surface area contributed by atoms with Crippen molar-refractivity contribution in [3.8, 4) is 0 Å². The van der Waals surface area contributed by atoms with Crippen molar-refractivity contribution in [1.29, 1.82) is 0 Å². The third-order valence-electron chi connectivity index (χ3n) is 4.18. The highest BCUT2D eigenvalue weighted by atomic mass is 35.5. The van der Waals surface area contributed by atoms with Gasteiger partial charge in [-0.25, -0.2) is 4.99 Å². The Morgan fingerprint density at radius 3 is 2.65 bits per heavy atom. The number of hydrogen-bond donors (Lipinski definition) is 2. The summed E-state index contributed by atoms with van der Waals surface area (Å²) in [5, 5.41) is 7.69. The van der Waals surface area contributed by atoms with Gasteiger partial charge in [0.05, 0.1) is 6.54 Å². The molecular formula is C18H29ClN4. The Morgan fingerprint density at radius 1 is 1.26 bits per heavy atom. The van der Waals surface area contributed by atoms with E-state index < -0.39 is 0 Å². The molecule has 0 spiro atoms. The highest BCUT2D eigenvalue weighted by Crippen LogP contribution is 2.16. The van der Waals surface area contributed by atoms with Gasteiger partial charge in [0.25, 0.3) is 0 Å². The first-order chi connectivity index (χ1) is 11.2. The van der Waals surface area contributed by atoms with E-state index in [1.807, 2.05) is 24.3 Å². The minimum absolute atomic E-state index is 0.507. The van der Waals surface area contributed by atoms with E-state index in [-0.39, 0.29) is 0 Å². The normalized spacial score (nSPS) is 17.3. The van der Waals surface area contributed by atoms with Gasteiger partial charge in [-0.1, -0.05) is 36.7 Å². The number of halogens is 1. The van der Waals surface area contributed by atoms with Gasteiger partial charge in [0, 0.05) is 30.7 Å². The predicted octanol–water partition coefficient (Wildman–Crippen LogP) is 3.27. The molecule has 1 saturated heterocycles. The third kappa shape index (κ3) is 6.04. The second-order valence-corrected chi connectivity index (χ2v) is 6.45. The molecule has 1 aromatic rings. The number of guanidine groups is 1. The van der Waals surface area contributed by atoms with Gasteiger partial charge in [-0.2, -0.15) is 0 Å². The molecule has 5 heteroatoms. The molecule has 2 N–H and O–H groups in total. The zero-order valence-electron chi connectivity index (χ0n) is 14.3. The Labute approximate surface area is 145 Å². The van der Waals surface area contributed by atoms with Gasteiger partial charge < -0.3 is 15.5 Å². The molecule has 1 aromatic carbocycles. The summed E-state index contributed by atoms with van der Waals surface area (Å²) in [6.45, 7) is 9.37. The summed E-state index contributed by atoms with van der Waals surface area (Å²) in [5.74, 6) is 0.890. The molecule has 23 heavy (non-hydrogen) atoms. The van der Waals surface area contributed by atoms with Crippen LogP contribution in [0.5, 0.6) is 0 Å². The molecule has 1 aliphatic heterocycles. The smallest absolute Gasteiger partial charge is 0.191 e. The molecule has 0 aromatic heterocycles. The van der Waals surface area contributed by atoms with Gasteiger partial charge in [0.15, 0.2) is 5.96 Å². The van der Waals surface area contributed by atoms with Crippen molar-refractivity contribution in [1.82, 2.24) is 15.5 Å². The molecule has 0 amide bonds. The summed E-state index contributed by atoms with van der Waals surface area (Å²) in [5.41, 5.74) is 1.06. The Hall–Kier alpha value is -1.26. The second-order valence-electron chi connectivity index (χ2n) is 6.05. The predicted molar refractivity (Wildman–Crippen MR) is 99.2 cm³/mol. The van der Waals surface area contributed by atoms with Gasteiger partial charge in [0.1, 0.15) is 0 Å². The maximum atomic E-state index is 6.21. The Kier molecular flexibility index (Phi) is 7.69. The van der Waals surface area contributed by atoms with Crippen molar-refractivity contribution in [3.05, 3.63) is 34.9 Å². The van der Waals surface area contributed by atoms with E-state index in [1.54, 1.807) is 0 Å². The van der Waals surface area contributed by atoms with Crippen LogP contribution in [0.3, 0.4) is 0 Å². The third-order valence-corrected chi connectivity index (χ3v) is 4.55. The minimum Gasteiger partial charge on any atom is -0.357 e. The number of rotatable bonds is 6. The van der Waals surface area contributed by atoms with E-state index in [1.165, 1.54) is 38.9 Å². The van der Waals surface area contributed by atoms with Crippen LogP contribution in [0.2, 0.25) is 5.02 Å². The highest BCUT2D eigenvalue weighted by molar-refractivity contribution is 6.31. The van der Waals surface area contributed by atoms with Crippen LogP contribution in [0.4, 0.5) is 0 Å². The Bertz CT molecular complexity index is 496. The van der Waals surface area contributed by atoms with Crippen LogP contribution in [-0.4, -0.2) is 43.1 Å². The Morgan fingerprint density at radius 2 is 2.00 bits per heavy atom. The summed E-state index contributed by atoms with van der Waals surface area (Å²) in [6, 6.07) is 8.39. The molecule has 128 valence electrons. The number of hydrogen-bond acceptors (Lipinski definition) is 2. The molecule has 2 rings (SSSR count). The van der Waals surface area contributed by atoms with E-state index in [0.29, 0.717) is 12.6 Å². The van der Waals surface area contributed by atoms with Gasteiger partial charge in [-0.3, -0.25) is 0 Å². The fourth-order valence-electron chi connectivity index (χ4n) is 2.92. The molecular weight excluding hydrogens is 308 g/mol. The van der Waals surface area contributed by atoms with Crippen molar-refractivity contribution in [3.63, 3.8) is 0 Å². The monoisotopic (exact) mass is 336 g/mol. The summed E-state index contributed by atoms with van der Waals surface area (Å²) < 4.78 is 0. The largest absolute Gasteiger partial charge is 0.357 e. The molecule has 1 fully saturated rings. The molecule has 0 aliphatic carbocycles. The number of likely N-dealkylation sites (tertiary alicyclic amines) is 1. The first-order valence-electron chi connectivity index (χ1n) is 8.73. The van der Waals surface area contributed by atoms with E-state index in [0.717, 1.165) is 23.1 Å². The first kappa shape index (κ1) is 18.1. The standard InChI is InChI=1S/C18H29ClN4/c1-3-11-23-12-9-16(10-13-23)22-18(20-4-2)21-14-15-7-5-6-8-17(15)19/h5-8,16H,3-4,9-14H2,1-2H3,(H2,20,21,22). The zero-order chi connectivity index (χ0) is 16.5. The lowest BCUT2D eigenvalue weighted by molar-refractivity contribution is 0.206. The van der Waals surface area contributed by atoms with Crippen LogP contribution in [0.1, 0.15) is 38.7 Å². The van der Waals surface area contributed by atoms with Crippen LogP contribution in [0.15, 0.2) is 29.3 Å². The molecule has 0 radical (unpaired) electrons.